The number of nitrogens with zero attached hydrogens (tertiary/aromatic N) is 3. The third kappa shape index (κ3) is 5.14. The fraction of sp³-hybridized carbons (Fsp3) is 0.286. The van der Waals surface area contributed by atoms with E-state index in [2.05, 4.69) is 15.5 Å². The van der Waals surface area contributed by atoms with Crippen molar-refractivity contribution in [1.29, 1.82) is 0 Å². The molecule has 8 heteroatoms. The number of halogens is 1. The summed E-state index contributed by atoms with van der Waals surface area (Å²) in [5.41, 5.74) is 1.08. The summed E-state index contributed by atoms with van der Waals surface area (Å²) >= 11 is 1.27. The SMILES string of the molecule is CCOc1ccc(NC(=O)CSc2nnc(-c3ccccc3F)n2C(C)C)cc1. The second-order valence-corrected chi connectivity index (χ2v) is 7.49. The molecule has 0 aliphatic rings. The Bertz CT molecular complexity index is 973. The van der Waals surface area contributed by atoms with Gasteiger partial charge in [0.2, 0.25) is 5.91 Å². The third-order valence-electron chi connectivity index (χ3n) is 4.08. The van der Waals surface area contributed by atoms with E-state index in [1.807, 2.05) is 37.5 Å². The van der Waals surface area contributed by atoms with E-state index in [4.69, 9.17) is 4.74 Å². The van der Waals surface area contributed by atoms with Crippen molar-refractivity contribution in [2.24, 2.45) is 0 Å². The predicted molar refractivity (Wildman–Crippen MR) is 113 cm³/mol. The molecule has 0 aliphatic heterocycles. The van der Waals surface area contributed by atoms with Gasteiger partial charge in [0, 0.05) is 11.7 Å². The van der Waals surface area contributed by atoms with Gasteiger partial charge in [-0.15, -0.1) is 10.2 Å². The summed E-state index contributed by atoms with van der Waals surface area (Å²) in [6, 6.07) is 13.7. The van der Waals surface area contributed by atoms with Crippen molar-refractivity contribution >= 4 is 23.4 Å². The van der Waals surface area contributed by atoms with Crippen LogP contribution in [0.4, 0.5) is 10.1 Å². The van der Waals surface area contributed by atoms with Crippen molar-refractivity contribution in [3.05, 3.63) is 54.3 Å². The van der Waals surface area contributed by atoms with Crippen LogP contribution in [-0.2, 0) is 4.79 Å². The largest absolute Gasteiger partial charge is 0.494 e. The molecule has 2 aromatic carbocycles. The van der Waals surface area contributed by atoms with E-state index in [-0.39, 0.29) is 23.5 Å². The van der Waals surface area contributed by atoms with Crippen molar-refractivity contribution in [1.82, 2.24) is 14.8 Å². The number of thioether (sulfide) groups is 1. The normalized spacial score (nSPS) is 10.9. The Morgan fingerprint density at radius 3 is 2.55 bits per heavy atom. The Morgan fingerprint density at radius 2 is 1.90 bits per heavy atom. The topological polar surface area (TPSA) is 69.0 Å². The smallest absolute Gasteiger partial charge is 0.234 e. The van der Waals surface area contributed by atoms with Crippen LogP contribution in [0.3, 0.4) is 0 Å². The van der Waals surface area contributed by atoms with Crippen molar-refractivity contribution < 1.29 is 13.9 Å². The molecule has 1 amide bonds. The number of aromatic nitrogens is 3. The van der Waals surface area contributed by atoms with E-state index in [9.17, 15) is 9.18 Å². The Hall–Kier alpha value is -2.87. The number of benzene rings is 2. The van der Waals surface area contributed by atoms with Gasteiger partial charge in [-0.25, -0.2) is 4.39 Å². The van der Waals surface area contributed by atoms with Gasteiger partial charge < -0.3 is 10.1 Å². The maximum atomic E-state index is 14.2. The highest BCUT2D eigenvalue weighted by molar-refractivity contribution is 7.99. The minimum Gasteiger partial charge on any atom is -0.494 e. The molecule has 0 fully saturated rings. The molecule has 152 valence electrons. The van der Waals surface area contributed by atoms with Crippen molar-refractivity contribution in [2.45, 2.75) is 32.0 Å². The van der Waals surface area contributed by atoms with Crippen LogP contribution in [0.25, 0.3) is 11.4 Å². The van der Waals surface area contributed by atoms with Crippen LogP contribution in [0.2, 0.25) is 0 Å². The van der Waals surface area contributed by atoms with E-state index < -0.39 is 0 Å². The standard InChI is InChI=1S/C21H23FN4O2S/c1-4-28-16-11-9-15(10-12-16)23-19(27)13-29-21-25-24-20(26(21)14(2)3)17-7-5-6-8-18(17)22/h5-12,14H,4,13H2,1-3H3,(H,23,27). The van der Waals surface area contributed by atoms with Gasteiger partial charge in [0.05, 0.1) is 17.9 Å². The highest BCUT2D eigenvalue weighted by Gasteiger charge is 2.19. The minimum atomic E-state index is -0.355. The molecule has 0 radical (unpaired) electrons. The van der Waals surface area contributed by atoms with E-state index in [1.165, 1.54) is 17.8 Å². The number of hydrogen-bond donors (Lipinski definition) is 1. The number of anilines is 1. The first-order valence-electron chi connectivity index (χ1n) is 9.35. The highest BCUT2D eigenvalue weighted by Crippen LogP contribution is 2.29. The van der Waals surface area contributed by atoms with Gasteiger partial charge >= 0.3 is 0 Å². The first-order chi connectivity index (χ1) is 14.0. The lowest BCUT2D eigenvalue weighted by Gasteiger charge is -2.14. The van der Waals surface area contributed by atoms with Crippen LogP contribution in [0.15, 0.2) is 53.7 Å². The maximum Gasteiger partial charge on any atom is 0.234 e. The summed E-state index contributed by atoms with van der Waals surface area (Å²) < 4.78 is 21.4. The summed E-state index contributed by atoms with van der Waals surface area (Å²) in [6.45, 7) is 6.45. The van der Waals surface area contributed by atoms with Crippen molar-refractivity contribution in [3.8, 4) is 17.1 Å². The second kappa shape index (κ2) is 9.56. The molecule has 3 rings (SSSR count). The number of ether oxygens (including phenoxy) is 1. The van der Waals surface area contributed by atoms with Crippen molar-refractivity contribution in [2.75, 3.05) is 17.7 Å². The molecular weight excluding hydrogens is 391 g/mol. The average Bonchev–Trinajstić information content (AvgIpc) is 3.12. The monoisotopic (exact) mass is 414 g/mol. The average molecular weight is 415 g/mol. The molecule has 0 atom stereocenters. The second-order valence-electron chi connectivity index (χ2n) is 6.54. The van der Waals surface area contributed by atoms with Crippen LogP contribution in [0.1, 0.15) is 26.8 Å². The van der Waals surface area contributed by atoms with Gasteiger partial charge in [0.1, 0.15) is 11.6 Å². The zero-order valence-corrected chi connectivity index (χ0v) is 17.4. The van der Waals surface area contributed by atoms with E-state index in [1.54, 1.807) is 30.3 Å². The van der Waals surface area contributed by atoms with Crippen LogP contribution in [0, 0.1) is 5.82 Å². The first-order valence-corrected chi connectivity index (χ1v) is 10.3. The zero-order valence-electron chi connectivity index (χ0n) is 16.6. The van der Waals surface area contributed by atoms with Crippen LogP contribution in [0.5, 0.6) is 5.75 Å². The Morgan fingerprint density at radius 1 is 1.17 bits per heavy atom. The lowest BCUT2D eigenvalue weighted by Crippen LogP contribution is -2.15. The molecule has 0 unspecified atom stereocenters. The maximum absolute atomic E-state index is 14.2. The van der Waals surface area contributed by atoms with E-state index in [0.717, 1.165) is 5.75 Å². The zero-order chi connectivity index (χ0) is 20.8. The number of nitrogens with one attached hydrogen (secondary N) is 1. The van der Waals surface area contributed by atoms with Gasteiger partial charge in [-0.05, 0) is 57.2 Å². The number of carbonyl (C=O) groups is 1. The predicted octanol–water partition coefficient (Wildman–Crippen LogP) is 4.79. The van der Waals surface area contributed by atoms with Gasteiger partial charge in [0.15, 0.2) is 11.0 Å². The molecule has 29 heavy (non-hydrogen) atoms. The molecule has 0 saturated heterocycles. The summed E-state index contributed by atoms with van der Waals surface area (Å²) in [6.07, 6.45) is 0. The van der Waals surface area contributed by atoms with Gasteiger partial charge in [-0.3, -0.25) is 9.36 Å². The van der Waals surface area contributed by atoms with Crippen LogP contribution >= 0.6 is 11.8 Å². The third-order valence-corrected chi connectivity index (χ3v) is 5.02. The molecule has 0 aliphatic carbocycles. The van der Waals surface area contributed by atoms with Crippen LogP contribution in [-0.4, -0.2) is 33.0 Å². The molecule has 1 heterocycles. The molecule has 6 nitrogen and oxygen atoms in total. The molecular formula is C21H23FN4O2S. The quantitative estimate of drug-likeness (QED) is 0.537. The summed E-state index contributed by atoms with van der Waals surface area (Å²) in [5, 5.41) is 11.8. The number of hydrogen-bond acceptors (Lipinski definition) is 5. The summed E-state index contributed by atoms with van der Waals surface area (Å²) in [7, 11) is 0. The fourth-order valence-corrected chi connectivity index (χ4v) is 3.66. The Kier molecular flexibility index (Phi) is 6.87. The summed E-state index contributed by atoms with van der Waals surface area (Å²) in [5.74, 6) is 0.851. The van der Waals surface area contributed by atoms with Crippen molar-refractivity contribution in [3.63, 3.8) is 0 Å². The molecule has 1 aromatic heterocycles. The van der Waals surface area contributed by atoms with Gasteiger partial charge in [0.25, 0.3) is 0 Å². The Labute approximate surface area is 173 Å². The fourth-order valence-electron chi connectivity index (χ4n) is 2.80. The lowest BCUT2D eigenvalue weighted by molar-refractivity contribution is -0.113. The van der Waals surface area contributed by atoms with Gasteiger partial charge in [-0.2, -0.15) is 0 Å². The molecule has 0 saturated carbocycles. The van der Waals surface area contributed by atoms with Crippen LogP contribution < -0.4 is 10.1 Å². The Balaban J connectivity index is 1.69. The highest BCUT2D eigenvalue weighted by atomic mass is 32.2. The lowest BCUT2D eigenvalue weighted by atomic mass is 10.2. The summed E-state index contributed by atoms with van der Waals surface area (Å²) in [4.78, 5) is 12.3. The molecule has 1 N–H and O–H groups in total. The minimum absolute atomic E-state index is 0.0104. The van der Waals surface area contributed by atoms with E-state index in [0.29, 0.717) is 28.8 Å². The molecule has 0 bridgehead atoms. The van der Waals surface area contributed by atoms with E-state index >= 15 is 0 Å². The number of carbonyl (C=O) groups excluding carboxylic acids is 1. The molecule has 3 aromatic rings. The van der Waals surface area contributed by atoms with Gasteiger partial charge in [-0.1, -0.05) is 23.9 Å². The number of amides is 1. The molecule has 0 spiro atoms. The first kappa shape index (κ1) is 20.9. The number of rotatable bonds is 8.